The molecule has 2 N–H and O–H groups in total. The Morgan fingerprint density at radius 2 is 2.14 bits per heavy atom. The van der Waals surface area contributed by atoms with Crippen molar-refractivity contribution in [2.24, 2.45) is 0 Å². The van der Waals surface area contributed by atoms with Crippen molar-refractivity contribution >= 4 is 36.7 Å². The monoisotopic (exact) mass is 329 g/mol. The van der Waals surface area contributed by atoms with E-state index >= 15 is 0 Å². The average Bonchev–Trinajstić information content (AvgIpc) is 2.79. The van der Waals surface area contributed by atoms with E-state index in [9.17, 15) is 8.42 Å². The molecule has 1 aromatic carbocycles. The zero-order valence-electron chi connectivity index (χ0n) is 12.0. The minimum absolute atomic E-state index is 0.0287. The van der Waals surface area contributed by atoms with Gasteiger partial charge in [0.2, 0.25) is 10.0 Å². The van der Waals surface area contributed by atoms with Crippen molar-refractivity contribution in [3.05, 3.63) is 18.2 Å². The van der Waals surface area contributed by atoms with Gasteiger partial charge in [-0.25, -0.2) is 13.4 Å². The molecule has 21 heavy (non-hydrogen) atoms. The summed E-state index contributed by atoms with van der Waals surface area (Å²) in [6.07, 6.45) is 0. The number of aromatic nitrogens is 1. The number of hydrogen-bond acceptors (Lipinski definition) is 6. The van der Waals surface area contributed by atoms with Gasteiger partial charge in [-0.3, -0.25) is 4.72 Å². The number of nitrogens with one attached hydrogen (secondary N) is 2. The minimum Gasteiger partial charge on any atom is -0.494 e. The van der Waals surface area contributed by atoms with Gasteiger partial charge in [-0.1, -0.05) is 18.3 Å². The third-order valence-corrected chi connectivity index (χ3v) is 5.02. The van der Waals surface area contributed by atoms with Crippen LogP contribution in [0.2, 0.25) is 0 Å². The summed E-state index contributed by atoms with van der Waals surface area (Å²) in [6.45, 7) is 5.61. The van der Waals surface area contributed by atoms with Crippen LogP contribution < -0.4 is 14.8 Å². The minimum atomic E-state index is -3.37. The fourth-order valence-corrected chi connectivity index (χ4v) is 3.89. The molecule has 8 heteroatoms. The van der Waals surface area contributed by atoms with Crippen LogP contribution in [0.25, 0.3) is 10.2 Å². The van der Waals surface area contributed by atoms with Crippen molar-refractivity contribution in [2.75, 3.05) is 30.2 Å². The van der Waals surface area contributed by atoms with Crippen LogP contribution in [-0.4, -0.2) is 38.9 Å². The Hall–Kier alpha value is -1.38. The van der Waals surface area contributed by atoms with Crippen molar-refractivity contribution in [2.45, 2.75) is 13.8 Å². The third-order valence-electron chi connectivity index (χ3n) is 2.71. The standard InChI is InChI=1S/C13H19N3O3S2/c1-3-14-7-8-21(17,18)16-13-15-11-6-5-10(19-4-2)9-12(11)20-13/h5-6,9,14H,3-4,7-8H2,1-2H3,(H,15,16). The van der Waals surface area contributed by atoms with Gasteiger partial charge in [0.1, 0.15) is 5.75 Å². The maximum Gasteiger partial charge on any atom is 0.235 e. The van der Waals surface area contributed by atoms with E-state index in [4.69, 9.17) is 4.74 Å². The summed E-state index contributed by atoms with van der Waals surface area (Å²) in [5, 5.41) is 3.37. The predicted molar refractivity (Wildman–Crippen MR) is 86.7 cm³/mol. The zero-order chi connectivity index (χ0) is 15.3. The van der Waals surface area contributed by atoms with Crippen LogP contribution in [0.1, 0.15) is 13.8 Å². The number of rotatable bonds is 8. The van der Waals surface area contributed by atoms with Gasteiger partial charge in [0, 0.05) is 6.54 Å². The van der Waals surface area contributed by atoms with Gasteiger partial charge in [0.25, 0.3) is 0 Å². The molecule has 2 rings (SSSR count). The summed E-state index contributed by atoms with van der Waals surface area (Å²) < 4.78 is 32.7. The van der Waals surface area contributed by atoms with Gasteiger partial charge in [-0.15, -0.1) is 0 Å². The molecule has 0 aliphatic rings. The van der Waals surface area contributed by atoms with Gasteiger partial charge in [0.15, 0.2) is 5.13 Å². The molecule has 0 aliphatic heterocycles. The molecule has 116 valence electrons. The van der Waals surface area contributed by atoms with Gasteiger partial charge < -0.3 is 10.1 Å². The van der Waals surface area contributed by atoms with E-state index in [2.05, 4.69) is 15.0 Å². The number of nitrogens with zero attached hydrogens (tertiary/aromatic N) is 1. The van der Waals surface area contributed by atoms with Gasteiger partial charge in [-0.05, 0) is 31.7 Å². The SMILES string of the molecule is CCNCCS(=O)(=O)Nc1nc2ccc(OCC)cc2s1. The molecular weight excluding hydrogens is 310 g/mol. The molecule has 0 atom stereocenters. The second-order valence-corrected chi connectivity index (χ2v) is 7.23. The van der Waals surface area contributed by atoms with Crippen molar-refractivity contribution in [1.29, 1.82) is 0 Å². The van der Waals surface area contributed by atoms with Crippen molar-refractivity contribution in [3.8, 4) is 5.75 Å². The lowest BCUT2D eigenvalue weighted by Gasteiger charge is -2.04. The molecule has 0 amide bonds. The highest BCUT2D eigenvalue weighted by atomic mass is 32.2. The number of benzene rings is 1. The second kappa shape index (κ2) is 7.06. The molecule has 0 unspecified atom stereocenters. The number of sulfonamides is 1. The second-order valence-electron chi connectivity index (χ2n) is 4.36. The van der Waals surface area contributed by atoms with Gasteiger partial charge >= 0.3 is 0 Å². The molecule has 0 radical (unpaired) electrons. The number of fused-ring (bicyclic) bond motifs is 1. The molecule has 0 bridgehead atoms. The lowest BCUT2D eigenvalue weighted by Crippen LogP contribution is -2.26. The molecule has 0 aliphatic carbocycles. The van der Waals surface area contributed by atoms with Crippen molar-refractivity contribution in [1.82, 2.24) is 10.3 Å². The van der Waals surface area contributed by atoms with Crippen LogP contribution >= 0.6 is 11.3 Å². The predicted octanol–water partition coefficient (Wildman–Crippen LogP) is 2.05. The summed E-state index contributed by atoms with van der Waals surface area (Å²) in [6, 6.07) is 5.52. The van der Waals surface area contributed by atoms with E-state index in [1.807, 2.05) is 32.0 Å². The smallest absolute Gasteiger partial charge is 0.235 e. The van der Waals surface area contributed by atoms with Crippen LogP contribution in [-0.2, 0) is 10.0 Å². The Morgan fingerprint density at radius 1 is 1.33 bits per heavy atom. The average molecular weight is 329 g/mol. The van der Waals surface area contributed by atoms with E-state index in [1.54, 1.807) is 0 Å². The highest BCUT2D eigenvalue weighted by molar-refractivity contribution is 7.92. The summed E-state index contributed by atoms with van der Waals surface area (Å²) in [7, 11) is -3.37. The lowest BCUT2D eigenvalue weighted by molar-refractivity contribution is 0.341. The quantitative estimate of drug-likeness (QED) is 0.725. The molecular formula is C13H19N3O3S2. The fraction of sp³-hybridized carbons (Fsp3) is 0.462. The van der Waals surface area contributed by atoms with Crippen LogP contribution in [0.4, 0.5) is 5.13 Å². The molecule has 0 spiro atoms. The summed E-state index contributed by atoms with van der Waals surface area (Å²) >= 11 is 1.30. The molecule has 0 saturated carbocycles. The van der Waals surface area contributed by atoms with E-state index < -0.39 is 10.0 Å². The summed E-state index contributed by atoms with van der Waals surface area (Å²) in [5.74, 6) is 0.788. The highest BCUT2D eigenvalue weighted by Gasteiger charge is 2.13. The Labute approximate surface area is 128 Å². The summed E-state index contributed by atoms with van der Waals surface area (Å²) in [4.78, 5) is 4.28. The van der Waals surface area contributed by atoms with Gasteiger partial charge in [0.05, 0.1) is 22.6 Å². The van der Waals surface area contributed by atoms with E-state index in [0.717, 1.165) is 22.5 Å². The van der Waals surface area contributed by atoms with Crippen LogP contribution in [0.15, 0.2) is 18.2 Å². The number of anilines is 1. The maximum absolute atomic E-state index is 11.9. The largest absolute Gasteiger partial charge is 0.494 e. The zero-order valence-corrected chi connectivity index (χ0v) is 13.7. The fourth-order valence-electron chi connectivity index (χ4n) is 1.77. The first-order chi connectivity index (χ1) is 10.0. The van der Waals surface area contributed by atoms with E-state index in [0.29, 0.717) is 18.3 Å². The highest BCUT2D eigenvalue weighted by Crippen LogP contribution is 2.29. The van der Waals surface area contributed by atoms with Gasteiger partial charge in [-0.2, -0.15) is 0 Å². The Morgan fingerprint density at radius 3 is 2.86 bits per heavy atom. The van der Waals surface area contributed by atoms with Crippen LogP contribution in [0, 0.1) is 0 Å². The molecule has 0 fully saturated rings. The molecule has 6 nitrogen and oxygen atoms in total. The topological polar surface area (TPSA) is 80.3 Å². The molecule has 2 aromatic rings. The lowest BCUT2D eigenvalue weighted by atomic mass is 10.3. The first-order valence-corrected chi connectivity index (χ1v) is 9.25. The van der Waals surface area contributed by atoms with Crippen LogP contribution in [0.3, 0.4) is 0 Å². The summed E-state index contributed by atoms with van der Waals surface area (Å²) in [5.41, 5.74) is 0.757. The Kier molecular flexibility index (Phi) is 5.38. The third kappa shape index (κ3) is 4.55. The first kappa shape index (κ1) is 16.0. The first-order valence-electron chi connectivity index (χ1n) is 6.78. The van der Waals surface area contributed by atoms with E-state index in [-0.39, 0.29) is 5.75 Å². The number of thiazole rings is 1. The molecule has 0 saturated heterocycles. The molecule has 1 heterocycles. The van der Waals surface area contributed by atoms with Crippen molar-refractivity contribution < 1.29 is 13.2 Å². The van der Waals surface area contributed by atoms with E-state index in [1.165, 1.54) is 11.3 Å². The number of hydrogen-bond donors (Lipinski definition) is 2. The maximum atomic E-state index is 11.9. The Balaban J connectivity index is 2.11. The number of ether oxygens (including phenoxy) is 1. The Bertz CT molecular complexity index is 698. The van der Waals surface area contributed by atoms with Crippen LogP contribution in [0.5, 0.6) is 5.75 Å². The van der Waals surface area contributed by atoms with Crippen molar-refractivity contribution in [3.63, 3.8) is 0 Å². The normalized spacial score (nSPS) is 11.7. The molecule has 1 aromatic heterocycles.